The van der Waals surface area contributed by atoms with Crippen molar-refractivity contribution in [3.63, 3.8) is 0 Å². The molecule has 3 nitrogen and oxygen atoms in total. The third-order valence-corrected chi connectivity index (χ3v) is 4.49. The highest BCUT2D eigenvalue weighted by atomic mass is 127. The van der Waals surface area contributed by atoms with Gasteiger partial charge in [0.25, 0.3) is 0 Å². The number of hydrogen-bond acceptors (Lipinski definition) is 2. The minimum absolute atomic E-state index is 0.132. The van der Waals surface area contributed by atoms with Crippen LogP contribution in [0.4, 0.5) is 13.2 Å². The van der Waals surface area contributed by atoms with Gasteiger partial charge in [-0.3, -0.25) is 4.79 Å². The Morgan fingerprint density at radius 1 is 1.39 bits per heavy atom. The highest BCUT2D eigenvalue weighted by Gasteiger charge is 2.34. The molecule has 0 spiro atoms. The maximum atomic E-state index is 12.0. The topological polar surface area (TPSA) is 44.1 Å². The van der Waals surface area contributed by atoms with E-state index in [1.54, 1.807) is 0 Å². The number of nitriles is 1. The smallest absolute Gasteiger partial charge is 0.343 e. The number of piperidine rings is 1. The second kappa shape index (κ2) is 6.08. The van der Waals surface area contributed by atoms with Crippen molar-refractivity contribution >= 4 is 28.5 Å². The third kappa shape index (κ3) is 5.00. The summed E-state index contributed by atoms with van der Waals surface area (Å²) in [6, 6.07) is 2.11. The van der Waals surface area contributed by atoms with Crippen LogP contribution in [-0.2, 0) is 4.79 Å². The van der Waals surface area contributed by atoms with E-state index in [0.717, 1.165) is 0 Å². The van der Waals surface area contributed by atoms with Crippen LogP contribution in [0.2, 0.25) is 0 Å². The van der Waals surface area contributed by atoms with E-state index in [-0.39, 0.29) is 3.42 Å². The van der Waals surface area contributed by atoms with Crippen LogP contribution in [0.3, 0.4) is 0 Å². The molecule has 0 bridgehead atoms. The molecule has 1 rings (SSSR count). The number of rotatable bonds is 3. The molecule has 1 aliphatic rings. The minimum Gasteiger partial charge on any atom is -0.343 e. The highest BCUT2D eigenvalue weighted by molar-refractivity contribution is 14.1. The molecule has 0 atom stereocenters. The molecule has 0 aromatic carbocycles. The van der Waals surface area contributed by atoms with Crippen molar-refractivity contribution in [2.75, 3.05) is 13.1 Å². The summed E-state index contributed by atoms with van der Waals surface area (Å²) in [4.78, 5) is 13.0. The third-order valence-electron chi connectivity index (χ3n) is 3.03. The second-order valence-electron chi connectivity index (χ2n) is 4.48. The molecule has 0 aromatic heterocycles. The predicted octanol–water partition coefficient (Wildman–Crippen LogP) is 3.04. The van der Waals surface area contributed by atoms with E-state index >= 15 is 0 Å². The molecule has 1 fully saturated rings. The largest absolute Gasteiger partial charge is 0.389 e. The summed E-state index contributed by atoms with van der Waals surface area (Å²) in [5.74, 6) is -0.442. The molecule has 0 aromatic rings. The van der Waals surface area contributed by atoms with Crippen LogP contribution >= 0.6 is 22.6 Å². The van der Waals surface area contributed by atoms with E-state index in [1.165, 1.54) is 4.90 Å². The van der Waals surface area contributed by atoms with Crippen LogP contribution < -0.4 is 0 Å². The Morgan fingerprint density at radius 2 is 1.94 bits per heavy atom. The Balaban J connectivity index is 2.39. The molecule has 0 saturated carbocycles. The summed E-state index contributed by atoms with van der Waals surface area (Å²) in [5, 5.41) is 8.67. The summed E-state index contributed by atoms with van der Waals surface area (Å²) in [6.45, 7) is 0.891. The first-order chi connectivity index (χ1) is 8.26. The van der Waals surface area contributed by atoms with Crippen molar-refractivity contribution in [3.8, 4) is 6.07 Å². The highest BCUT2D eigenvalue weighted by Crippen LogP contribution is 2.35. The second-order valence-corrected chi connectivity index (χ2v) is 6.77. The van der Waals surface area contributed by atoms with Gasteiger partial charge < -0.3 is 4.90 Å². The Labute approximate surface area is 117 Å². The molecule has 1 heterocycles. The van der Waals surface area contributed by atoms with E-state index in [2.05, 4.69) is 28.7 Å². The molecule has 1 amide bonds. The van der Waals surface area contributed by atoms with Gasteiger partial charge in [0.2, 0.25) is 5.91 Å². The Hall–Kier alpha value is -0.520. The lowest BCUT2D eigenvalue weighted by atomic mass is 9.94. The fourth-order valence-electron chi connectivity index (χ4n) is 1.88. The summed E-state index contributed by atoms with van der Waals surface area (Å²) >= 11 is 2.22. The van der Waals surface area contributed by atoms with Crippen LogP contribution in [0.5, 0.6) is 0 Å². The van der Waals surface area contributed by atoms with Gasteiger partial charge in [-0.1, -0.05) is 22.6 Å². The van der Waals surface area contributed by atoms with E-state index in [1.807, 2.05) is 0 Å². The van der Waals surface area contributed by atoms with Crippen LogP contribution in [0, 0.1) is 11.3 Å². The lowest BCUT2D eigenvalue weighted by Crippen LogP contribution is -2.43. The van der Waals surface area contributed by atoms with Gasteiger partial charge in [-0.05, 0) is 12.8 Å². The fraction of sp³-hybridized carbons (Fsp3) is 0.818. The first-order valence-electron chi connectivity index (χ1n) is 5.66. The maximum Gasteiger partial charge on any atom is 0.389 e. The monoisotopic (exact) mass is 374 g/mol. The molecule has 0 N–H and O–H groups in total. The van der Waals surface area contributed by atoms with Gasteiger partial charge in [-0.2, -0.15) is 18.4 Å². The van der Waals surface area contributed by atoms with Gasteiger partial charge in [0, 0.05) is 29.4 Å². The average molecular weight is 374 g/mol. The SMILES string of the molecule is N#CCC1(I)CCN(C(=O)CCC(F)(F)F)CC1. The molecule has 1 aliphatic heterocycles. The van der Waals surface area contributed by atoms with Crippen LogP contribution in [0.1, 0.15) is 32.1 Å². The summed E-state index contributed by atoms with van der Waals surface area (Å²) in [5.41, 5.74) is 0. The number of hydrogen-bond donors (Lipinski definition) is 0. The van der Waals surface area contributed by atoms with Gasteiger partial charge in [0.15, 0.2) is 0 Å². The van der Waals surface area contributed by atoms with Crippen molar-refractivity contribution in [2.24, 2.45) is 0 Å². The maximum absolute atomic E-state index is 12.0. The van der Waals surface area contributed by atoms with E-state index in [4.69, 9.17) is 5.26 Å². The molecule has 7 heteroatoms. The fourth-order valence-corrected chi connectivity index (χ4v) is 2.54. The number of likely N-dealkylation sites (tertiary alicyclic amines) is 1. The average Bonchev–Trinajstić information content (AvgIpc) is 2.26. The van der Waals surface area contributed by atoms with E-state index < -0.39 is 24.9 Å². The predicted molar refractivity (Wildman–Crippen MR) is 68.1 cm³/mol. The van der Waals surface area contributed by atoms with Gasteiger partial charge in [0.1, 0.15) is 0 Å². The first-order valence-corrected chi connectivity index (χ1v) is 6.74. The van der Waals surface area contributed by atoms with E-state index in [9.17, 15) is 18.0 Å². The normalized spacial score (nSPS) is 19.4. The zero-order valence-electron chi connectivity index (χ0n) is 9.76. The van der Waals surface area contributed by atoms with Gasteiger partial charge in [-0.25, -0.2) is 0 Å². The number of carbonyl (C=O) groups excluding carboxylic acids is 1. The number of nitrogens with zero attached hydrogens (tertiary/aromatic N) is 2. The minimum atomic E-state index is -4.28. The van der Waals surface area contributed by atoms with Crippen molar-refractivity contribution < 1.29 is 18.0 Å². The quantitative estimate of drug-likeness (QED) is 0.563. The number of alkyl halides is 4. The first kappa shape index (κ1) is 15.5. The standard InChI is InChI=1S/C11H14F3IN2O/c12-11(13,14)2-1-9(18)17-7-4-10(15,3-6-16)5-8-17/h1-5,7-8H2. The molecule has 18 heavy (non-hydrogen) atoms. The Morgan fingerprint density at radius 3 is 2.39 bits per heavy atom. The van der Waals surface area contributed by atoms with Gasteiger partial charge in [0.05, 0.1) is 12.5 Å². The van der Waals surface area contributed by atoms with Crippen molar-refractivity contribution in [1.29, 1.82) is 5.26 Å². The Kier molecular flexibility index (Phi) is 5.25. The molecule has 102 valence electrons. The van der Waals surface area contributed by atoms with Crippen molar-refractivity contribution in [1.82, 2.24) is 4.90 Å². The lowest BCUT2D eigenvalue weighted by molar-refractivity contribution is -0.149. The number of carbonyl (C=O) groups is 1. The summed E-state index contributed by atoms with van der Waals surface area (Å²) in [6.07, 6.45) is -4.07. The molecular formula is C11H14F3IN2O. The zero-order valence-corrected chi connectivity index (χ0v) is 11.9. The summed E-state index contributed by atoms with van der Waals surface area (Å²) < 4.78 is 35.9. The Bertz CT molecular complexity index is 343. The van der Waals surface area contributed by atoms with Gasteiger partial charge in [-0.15, -0.1) is 0 Å². The number of halogens is 4. The molecular weight excluding hydrogens is 360 g/mol. The summed E-state index contributed by atoms with van der Waals surface area (Å²) in [7, 11) is 0. The zero-order chi connectivity index (χ0) is 13.8. The molecule has 0 radical (unpaired) electrons. The van der Waals surface area contributed by atoms with Gasteiger partial charge >= 0.3 is 6.18 Å². The van der Waals surface area contributed by atoms with Crippen molar-refractivity contribution in [3.05, 3.63) is 0 Å². The molecule has 0 aliphatic carbocycles. The van der Waals surface area contributed by atoms with Crippen molar-refractivity contribution in [2.45, 2.75) is 41.7 Å². The molecule has 0 unspecified atom stereocenters. The lowest BCUT2D eigenvalue weighted by Gasteiger charge is -2.36. The van der Waals surface area contributed by atoms with Crippen LogP contribution in [0.25, 0.3) is 0 Å². The molecule has 1 saturated heterocycles. The van der Waals surface area contributed by atoms with Crippen LogP contribution in [-0.4, -0.2) is 33.5 Å². The number of amides is 1. The van der Waals surface area contributed by atoms with E-state index in [0.29, 0.717) is 32.4 Å². The van der Waals surface area contributed by atoms with Crippen LogP contribution in [0.15, 0.2) is 0 Å².